The Morgan fingerprint density at radius 3 is 1.00 bits per heavy atom. The Morgan fingerprint density at radius 1 is 0.409 bits per heavy atom. The molecule has 0 aromatic rings. The fraction of sp³-hybridized carbons (Fsp3) is 0.950. The second-order valence-corrected chi connectivity index (χ2v) is 14.0. The van der Waals surface area contributed by atoms with Gasteiger partial charge in [-0.2, -0.15) is 0 Å². The molecule has 1 N–H and O–H groups in total. The van der Waals surface area contributed by atoms with Crippen molar-refractivity contribution in [2.75, 3.05) is 0 Å². The van der Waals surface area contributed by atoms with Gasteiger partial charge in [0.2, 0.25) is 0 Å². The molecule has 0 aromatic carbocycles. The number of hydrogen-bond donors (Lipinski definition) is 1. The van der Waals surface area contributed by atoms with Crippen molar-refractivity contribution in [3.8, 4) is 0 Å². The number of esters is 1. The quantitative estimate of drug-likeness (QED) is 0.0557. The van der Waals surface area contributed by atoms with Crippen LogP contribution < -0.4 is 0 Å². The molecule has 0 unspecified atom stereocenters. The predicted octanol–water partition coefficient (Wildman–Crippen LogP) is 13.7. The highest BCUT2D eigenvalue weighted by Gasteiger charge is 2.32. The summed E-state index contributed by atoms with van der Waals surface area (Å²) in [7, 11) is 0. The fourth-order valence-electron chi connectivity index (χ4n) is 6.64. The van der Waals surface area contributed by atoms with Crippen molar-refractivity contribution in [3.63, 3.8) is 0 Å². The molecule has 0 saturated heterocycles. The van der Waals surface area contributed by atoms with Crippen molar-refractivity contribution >= 4 is 11.9 Å². The standard InChI is InChI=1S/C40H78O4/c1-4-7-10-13-16-19-22-27-32-37-40(35-30-25-14-11-8-5-2,36-31-26-15-12-9-6-3)44-39(43)34-29-24-21-18-17-20-23-28-33-38(41)42/h4-37H2,1-3H3,(H,41,42). The monoisotopic (exact) mass is 623 g/mol. The van der Waals surface area contributed by atoms with Crippen molar-refractivity contribution in [1.82, 2.24) is 0 Å². The van der Waals surface area contributed by atoms with E-state index in [0.29, 0.717) is 12.8 Å². The molecule has 0 atom stereocenters. The first-order valence-corrected chi connectivity index (χ1v) is 19.9. The van der Waals surface area contributed by atoms with Gasteiger partial charge in [0.1, 0.15) is 5.60 Å². The van der Waals surface area contributed by atoms with Crippen LogP contribution in [0.25, 0.3) is 0 Å². The molecule has 0 aromatic heterocycles. The van der Waals surface area contributed by atoms with Crippen molar-refractivity contribution < 1.29 is 19.4 Å². The maximum Gasteiger partial charge on any atom is 0.306 e. The Morgan fingerprint density at radius 2 is 0.682 bits per heavy atom. The third-order valence-corrected chi connectivity index (χ3v) is 9.56. The van der Waals surface area contributed by atoms with Crippen LogP contribution in [0.5, 0.6) is 0 Å². The topological polar surface area (TPSA) is 63.6 Å². The molecule has 0 amide bonds. The number of rotatable bonds is 36. The Balaban J connectivity index is 4.85. The lowest BCUT2D eigenvalue weighted by atomic mass is 9.84. The van der Waals surface area contributed by atoms with E-state index in [0.717, 1.165) is 57.8 Å². The summed E-state index contributed by atoms with van der Waals surface area (Å²) in [6, 6.07) is 0. The predicted molar refractivity (Wildman–Crippen MR) is 190 cm³/mol. The van der Waals surface area contributed by atoms with Gasteiger partial charge < -0.3 is 9.84 Å². The zero-order valence-corrected chi connectivity index (χ0v) is 30.2. The zero-order valence-electron chi connectivity index (χ0n) is 30.2. The number of hydrogen-bond acceptors (Lipinski definition) is 3. The molecule has 0 heterocycles. The van der Waals surface area contributed by atoms with E-state index in [1.165, 1.54) is 148 Å². The van der Waals surface area contributed by atoms with Gasteiger partial charge in [0, 0.05) is 12.8 Å². The normalized spacial score (nSPS) is 11.7. The largest absolute Gasteiger partial charge is 0.481 e. The second-order valence-electron chi connectivity index (χ2n) is 14.0. The van der Waals surface area contributed by atoms with Gasteiger partial charge in [-0.15, -0.1) is 0 Å². The summed E-state index contributed by atoms with van der Waals surface area (Å²) >= 11 is 0. The summed E-state index contributed by atoms with van der Waals surface area (Å²) in [5.74, 6) is -0.639. The van der Waals surface area contributed by atoms with Crippen LogP contribution in [-0.2, 0) is 14.3 Å². The first-order chi connectivity index (χ1) is 21.5. The molecule has 0 spiro atoms. The Labute approximate surface area is 275 Å². The van der Waals surface area contributed by atoms with Gasteiger partial charge in [0.05, 0.1) is 0 Å². The molecule has 0 aliphatic carbocycles. The highest BCUT2D eigenvalue weighted by molar-refractivity contribution is 5.69. The van der Waals surface area contributed by atoms with E-state index >= 15 is 0 Å². The van der Waals surface area contributed by atoms with Crippen LogP contribution in [0.3, 0.4) is 0 Å². The third kappa shape index (κ3) is 29.6. The summed E-state index contributed by atoms with van der Waals surface area (Å²) in [6.45, 7) is 6.84. The summed E-state index contributed by atoms with van der Waals surface area (Å²) < 4.78 is 6.57. The lowest BCUT2D eigenvalue weighted by Crippen LogP contribution is -2.35. The maximum absolute atomic E-state index is 13.3. The average Bonchev–Trinajstić information content (AvgIpc) is 3.00. The van der Waals surface area contributed by atoms with E-state index in [4.69, 9.17) is 9.84 Å². The molecule has 0 bridgehead atoms. The number of unbranched alkanes of at least 4 members (excludes halogenated alkanes) is 25. The minimum atomic E-state index is -0.687. The second kappa shape index (κ2) is 33.3. The molecule has 0 saturated carbocycles. The molecule has 4 nitrogen and oxygen atoms in total. The Hall–Kier alpha value is -1.06. The minimum Gasteiger partial charge on any atom is -0.481 e. The summed E-state index contributed by atoms with van der Waals surface area (Å²) in [6.07, 6.45) is 39.9. The smallest absolute Gasteiger partial charge is 0.306 e. The lowest BCUT2D eigenvalue weighted by Gasteiger charge is -2.34. The first kappa shape index (κ1) is 42.9. The van der Waals surface area contributed by atoms with Gasteiger partial charge >= 0.3 is 11.9 Å². The average molecular weight is 623 g/mol. The highest BCUT2D eigenvalue weighted by Crippen LogP contribution is 2.34. The SMILES string of the molecule is CCCCCCCCCCCC(CCCCCCCC)(CCCCCCCC)OC(=O)CCCCCCCCCCC(=O)O. The Bertz CT molecular complexity index is 600. The van der Waals surface area contributed by atoms with E-state index in [2.05, 4.69) is 20.8 Å². The molecular weight excluding hydrogens is 544 g/mol. The number of carbonyl (C=O) groups is 2. The number of aliphatic carboxylic acids is 1. The number of carboxylic acid groups (broad SMARTS) is 1. The molecule has 0 aliphatic heterocycles. The Kier molecular flexibility index (Phi) is 32.5. The van der Waals surface area contributed by atoms with Crippen LogP contribution in [0.4, 0.5) is 0 Å². The minimum absolute atomic E-state index is 0.0477. The lowest BCUT2D eigenvalue weighted by molar-refractivity contribution is -0.163. The first-order valence-electron chi connectivity index (χ1n) is 19.9. The van der Waals surface area contributed by atoms with Crippen molar-refractivity contribution in [2.24, 2.45) is 0 Å². The number of carbonyl (C=O) groups excluding carboxylic acids is 1. The summed E-state index contributed by atoms with van der Waals surface area (Å²) in [4.78, 5) is 23.9. The summed E-state index contributed by atoms with van der Waals surface area (Å²) in [5.41, 5.74) is -0.246. The van der Waals surface area contributed by atoms with Crippen molar-refractivity contribution in [1.29, 1.82) is 0 Å². The van der Waals surface area contributed by atoms with Crippen LogP contribution in [0.2, 0.25) is 0 Å². The van der Waals surface area contributed by atoms with Gasteiger partial charge in [-0.05, 0) is 51.4 Å². The van der Waals surface area contributed by atoms with Crippen molar-refractivity contribution in [2.45, 2.75) is 245 Å². The third-order valence-electron chi connectivity index (χ3n) is 9.56. The van der Waals surface area contributed by atoms with E-state index in [9.17, 15) is 9.59 Å². The molecule has 262 valence electrons. The molecule has 0 rings (SSSR count). The van der Waals surface area contributed by atoms with Crippen LogP contribution >= 0.6 is 0 Å². The van der Waals surface area contributed by atoms with E-state index in [1.807, 2.05) is 0 Å². The van der Waals surface area contributed by atoms with Crippen LogP contribution in [-0.4, -0.2) is 22.6 Å². The summed E-state index contributed by atoms with van der Waals surface area (Å²) in [5, 5.41) is 8.76. The fourth-order valence-corrected chi connectivity index (χ4v) is 6.64. The van der Waals surface area contributed by atoms with E-state index < -0.39 is 5.97 Å². The molecule has 4 heteroatoms. The van der Waals surface area contributed by atoms with Gasteiger partial charge in [0.15, 0.2) is 0 Å². The number of ether oxygens (including phenoxy) is 1. The highest BCUT2D eigenvalue weighted by atomic mass is 16.6. The molecule has 0 radical (unpaired) electrons. The van der Waals surface area contributed by atoms with Crippen LogP contribution in [0.15, 0.2) is 0 Å². The van der Waals surface area contributed by atoms with Gasteiger partial charge in [-0.3, -0.25) is 9.59 Å². The van der Waals surface area contributed by atoms with E-state index in [-0.39, 0.29) is 11.6 Å². The van der Waals surface area contributed by atoms with Crippen molar-refractivity contribution in [3.05, 3.63) is 0 Å². The molecular formula is C40H78O4. The maximum atomic E-state index is 13.3. The molecule has 0 fully saturated rings. The van der Waals surface area contributed by atoms with Crippen LogP contribution in [0, 0.1) is 0 Å². The van der Waals surface area contributed by atoms with Gasteiger partial charge in [0.25, 0.3) is 0 Å². The number of carboxylic acids is 1. The molecule has 0 aliphatic rings. The molecule has 44 heavy (non-hydrogen) atoms. The van der Waals surface area contributed by atoms with Gasteiger partial charge in [-0.1, -0.05) is 175 Å². The van der Waals surface area contributed by atoms with Crippen LogP contribution in [0.1, 0.15) is 239 Å². The van der Waals surface area contributed by atoms with E-state index in [1.54, 1.807) is 0 Å². The zero-order chi connectivity index (χ0) is 32.4. The van der Waals surface area contributed by atoms with Gasteiger partial charge in [-0.25, -0.2) is 0 Å².